The number of hydrogen-bond acceptors (Lipinski definition) is 2. The summed E-state index contributed by atoms with van der Waals surface area (Å²) in [5.74, 6) is 0.118. The van der Waals surface area contributed by atoms with Gasteiger partial charge in [-0.05, 0) is 49.2 Å². The van der Waals surface area contributed by atoms with Gasteiger partial charge >= 0.3 is 0 Å². The lowest BCUT2D eigenvalue weighted by Gasteiger charge is -2.20. The lowest BCUT2D eigenvalue weighted by Crippen LogP contribution is -2.26. The Labute approximate surface area is 168 Å². The molecule has 0 heterocycles. The highest BCUT2D eigenvalue weighted by atomic mass is 35.5. The minimum absolute atomic E-state index is 0.277. The van der Waals surface area contributed by atoms with Gasteiger partial charge in [-0.3, -0.25) is 4.79 Å². The number of anilines is 1. The third-order valence-electron chi connectivity index (χ3n) is 4.13. The lowest BCUT2D eigenvalue weighted by molar-refractivity contribution is -0.123. The molecule has 0 aliphatic carbocycles. The molecule has 0 spiro atoms. The molecule has 5 heteroatoms. The summed E-state index contributed by atoms with van der Waals surface area (Å²) in [6.07, 6.45) is -0.857. The highest BCUT2D eigenvalue weighted by Gasteiger charge is 2.24. The monoisotopic (exact) mass is 399 g/mol. The number of carbonyl (C=O) groups excluding carboxylic acids is 1. The highest BCUT2D eigenvalue weighted by Crippen LogP contribution is 2.32. The molecule has 3 rings (SSSR count). The van der Waals surface area contributed by atoms with Crippen molar-refractivity contribution in [1.82, 2.24) is 0 Å². The van der Waals surface area contributed by atoms with Gasteiger partial charge in [0.15, 0.2) is 0 Å². The molecule has 1 N–H and O–H groups in total. The molecule has 1 amide bonds. The molecule has 0 unspecified atom stereocenters. The molecule has 0 fully saturated rings. The smallest absolute Gasteiger partial charge is 0.270 e. The number of carbonyl (C=O) groups is 1. The van der Waals surface area contributed by atoms with Gasteiger partial charge in [0, 0.05) is 16.3 Å². The lowest BCUT2D eigenvalue weighted by atomic mass is 10.1. The molecule has 27 heavy (non-hydrogen) atoms. The first-order chi connectivity index (χ1) is 12.9. The van der Waals surface area contributed by atoms with Gasteiger partial charge < -0.3 is 10.1 Å². The topological polar surface area (TPSA) is 38.3 Å². The maximum Gasteiger partial charge on any atom is 0.270 e. The Balaban J connectivity index is 1.92. The van der Waals surface area contributed by atoms with E-state index in [0.29, 0.717) is 15.8 Å². The molecule has 0 aliphatic heterocycles. The van der Waals surface area contributed by atoms with Crippen LogP contribution >= 0.6 is 23.2 Å². The molecule has 0 aromatic heterocycles. The summed E-state index contributed by atoms with van der Waals surface area (Å²) >= 11 is 12.2. The number of nitrogens with one attached hydrogen (secondary N) is 1. The number of amides is 1. The van der Waals surface area contributed by atoms with Crippen LogP contribution in [0.5, 0.6) is 5.75 Å². The van der Waals surface area contributed by atoms with Gasteiger partial charge in [-0.1, -0.05) is 65.7 Å². The van der Waals surface area contributed by atoms with Crippen LogP contribution in [0.3, 0.4) is 0 Å². The van der Waals surface area contributed by atoms with Crippen LogP contribution in [0.25, 0.3) is 0 Å². The largest absolute Gasteiger partial charge is 0.474 e. The van der Waals surface area contributed by atoms with Crippen LogP contribution in [0.4, 0.5) is 5.69 Å². The minimum Gasteiger partial charge on any atom is -0.474 e. The second kappa shape index (κ2) is 8.47. The van der Waals surface area contributed by atoms with Crippen LogP contribution in [-0.4, -0.2) is 5.91 Å². The van der Waals surface area contributed by atoms with Crippen molar-refractivity contribution >= 4 is 34.8 Å². The van der Waals surface area contributed by atoms with Crippen molar-refractivity contribution in [2.45, 2.75) is 20.0 Å². The summed E-state index contributed by atoms with van der Waals surface area (Å²) in [5, 5.41) is 3.82. The average Bonchev–Trinajstić information content (AvgIpc) is 2.64. The van der Waals surface area contributed by atoms with Crippen molar-refractivity contribution in [1.29, 1.82) is 0 Å². The molecular weight excluding hydrogens is 381 g/mol. The van der Waals surface area contributed by atoms with Crippen LogP contribution in [0, 0.1) is 13.8 Å². The first-order valence-electron chi connectivity index (χ1n) is 8.49. The Morgan fingerprint density at radius 1 is 0.963 bits per heavy atom. The Morgan fingerprint density at radius 3 is 2.41 bits per heavy atom. The average molecular weight is 400 g/mol. The van der Waals surface area contributed by atoms with E-state index in [0.717, 1.165) is 22.4 Å². The number of ether oxygens (including phenoxy) is 1. The zero-order valence-corrected chi connectivity index (χ0v) is 16.5. The zero-order chi connectivity index (χ0) is 19.4. The highest BCUT2D eigenvalue weighted by molar-refractivity contribution is 6.35. The maximum absolute atomic E-state index is 13.1. The quantitative estimate of drug-likeness (QED) is 0.541. The van der Waals surface area contributed by atoms with Crippen molar-refractivity contribution in [3.8, 4) is 5.75 Å². The van der Waals surface area contributed by atoms with E-state index in [-0.39, 0.29) is 5.91 Å². The zero-order valence-electron chi connectivity index (χ0n) is 15.0. The number of benzene rings is 3. The molecule has 0 radical (unpaired) electrons. The second-order valence-electron chi connectivity index (χ2n) is 6.29. The normalized spacial score (nSPS) is 11.7. The van der Waals surface area contributed by atoms with Crippen molar-refractivity contribution in [3.05, 3.63) is 93.5 Å². The first-order valence-corrected chi connectivity index (χ1v) is 9.24. The van der Waals surface area contributed by atoms with Crippen LogP contribution in [0.1, 0.15) is 22.8 Å². The van der Waals surface area contributed by atoms with Crippen molar-refractivity contribution < 1.29 is 9.53 Å². The van der Waals surface area contributed by atoms with E-state index >= 15 is 0 Å². The van der Waals surface area contributed by atoms with Gasteiger partial charge in [0.25, 0.3) is 5.91 Å². The SMILES string of the molecule is Cc1ccc(C)c(NC(=O)[C@H](Oc2ccc(Cl)cc2Cl)c2ccccc2)c1. The van der Waals surface area contributed by atoms with E-state index < -0.39 is 6.10 Å². The maximum atomic E-state index is 13.1. The summed E-state index contributed by atoms with van der Waals surface area (Å²) < 4.78 is 5.99. The molecule has 3 aromatic rings. The number of hydrogen-bond donors (Lipinski definition) is 1. The fourth-order valence-electron chi connectivity index (χ4n) is 2.67. The van der Waals surface area contributed by atoms with E-state index in [1.54, 1.807) is 18.2 Å². The Morgan fingerprint density at radius 2 is 1.70 bits per heavy atom. The van der Waals surface area contributed by atoms with Crippen LogP contribution in [0.2, 0.25) is 10.0 Å². The van der Waals surface area contributed by atoms with Crippen LogP contribution in [-0.2, 0) is 4.79 Å². The molecule has 1 atom stereocenters. The summed E-state index contributed by atoms with van der Waals surface area (Å²) in [5.41, 5.74) is 3.53. The van der Waals surface area contributed by atoms with Crippen molar-refractivity contribution in [2.75, 3.05) is 5.32 Å². The molecule has 3 nitrogen and oxygen atoms in total. The summed E-state index contributed by atoms with van der Waals surface area (Å²) in [6, 6.07) is 20.1. The Bertz CT molecular complexity index is 958. The molecule has 3 aromatic carbocycles. The Kier molecular flexibility index (Phi) is 6.04. The van der Waals surface area contributed by atoms with Gasteiger partial charge in [-0.2, -0.15) is 0 Å². The van der Waals surface area contributed by atoms with E-state index in [1.165, 1.54) is 0 Å². The second-order valence-corrected chi connectivity index (χ2v) is 7.13. The van der Waals surface area contributed by atoms with E-state index in [1.807, 2.05) is 62.4 Å². The predicted molar refractivity (Wildman–Crippen MR) is 111 cm³/mol. The van der Waals surface area contributed by atoms with Crippen molar-refractivity contribution in [2.24, 2.45) is 0 Å². The van der Waals surface area contributed by atoms with Gasteiger partial charge in [0.1, 0.15) is 5.75 Å². The molecule has 0 saturated heterocycles. The summed E-state index contributed by atoms with van der Waals surface area (Å²) in [6.45, 7) is 3.93. The van der Waals surface area contributed by atoms with Crippen LogP contribution < -0.4 is 10.1 Å². The molecular formula is C22H19Cl2NO2. The first kappa shape index (κ1) is 19.3. The van der Waals surface area contributed by atoms with Gasteiger partial charge in [-0.25, -0.2) is 0 Å². The fraction of sp³-hybridized carbons (Fsp3) is 0.136. The van der Waals surface area contributed by atoms with Gasteiger partial charge in [-0.15, -0.1) is 0 Å². The van der Waals surface area contributed by atoms with Crippen molar-refractivity contribution in [3.63, 3.8) is 0 Å². The minimum atomic E-state index is -0.857. The van der Waals surface area contributed by atoms with E-state index in [2.05, 4.69) is 5.32 Å². The number of rotatable bonds is 5. The summed E-state index contributed by atoms with van der Waals surface area (Å²) in [4.78, 5) is 13.1. The fourth-order valence-corrected chi connectivity index (χ4v) is 3.12. The molecule has 0 saturated carbocycles. The number of aryl methyl sites for hydroxylation is 2. The molecule has 0 bridgehead atoms. The van der Waals surface area contributed by atoms with E-state index in [9.17, 15) is 4.79 Å². The third kappa shape index (κ3) is 4.82. The molecule has 138 valence electrons. The molecule has 0 aliphatic rings. The summed E-state index contributed by atoms with van der Waals surface area (Å²) in [7, 11) is 0. The standard InChI is InChI=1S/C22H19Cl2NO2/c1-14-8-9-15(2)19(12-14)25-22(26)21(16-6-4-3-5-7-16)27-20-11-10-17(23)13-18(20)24/h3-13,21H,1-2H3,(H,25,26)/t21-/m1/s1. The Hall–Kier alpha value is -2.49. The van der Waals surface area contributed by atoms with Gasteiger partial charge in [0.2, 0.25) is 6.10 Å². The van der Waals surface area contributed by atoms with E-state index in [4.69, 9.17) is 27.9 Å². The predicted octanol–water partition coefficient (Wildman–Crippen LogP) is 6.37. The van der Waals surface area contributed by atoms with Crippen LogP contribution in [0.15, 0.2) is 66.7 Å². The van der Waals surface area contributed by atoms with Gasteiger partial charge in [0.05, 0.1) is 5.02 Å². The third-order valence-corrected chi connectivity index (χ3v) is 4.66. The number of halogens is 2.